The lowest BCUT2D eigenvalue weighted by atomic mass is 9.99. The van der Waals surface area contributed by atoms with Crippen LogP contribution in [-0.2, 0) is 14.8 Å². The maximum absolute atomic E-state index is 12.9. The maximum atomic E-state index is 12.9. The zero-order valence-electron chi connectivity index (χ0n) is 15.6. The summed E-state index contributed by atoms with van der Waals surface area (Å²) in [5.41, 5.74) is 0. The minimum atomic E-state index is -3.19. The Balaban J connectivity index is 1.94. The molecule has 1 aromatic carbocycles. The summed E-state index contributed by atoms with van der Waals surface area (Å²) < 4.78 is 30.2. The first-order chi connectivity index (χ1) is 12.3. The summed E-state index contributed by atoms with van der Waals surface area (Å²) in [7, 11) is -1.56. The van der Waals surface area contributed by atoms with Crippen molar-refractivity contribution in [2.24, 2.45) is 0 Å². The summed E-state index contributed by atoms with van der Waals surface area (Å²) in [5, 5.41) is -0.188. The number of hydrogen-bond acceptors (Lipinski definition) is 5. The number of hydrogen-bond donors (Lipinski definition) is 1. The molecule has 1 fully saturated rings. The van der Waals surface area contributed by atoms with E-state index < -0.39 is 10.0 Å². The molecule has 0 aromatic heterocycles. The molecule has 0 saturated carbocycles. The molecule has 0 unspecified atom stereocenters. The third-order valence-electron chi connectivity index (χ3n) is 4.47. The van der Waals surface area contributed by atoms with Crippen LogP contribution in [0.1, 0.15) is 32.6 Å². The first kappa shape index (κ1) is 21.1. The Labute approximate surface area is 160 Å². The van der Waals surface area contributed by atoms with Crippen LogP contribution in [0, 0.1) is 0 Å². The standard InChI is InChI=1S/C18H28N2O4S2/c1-14(25-17-9-7-16(24-2)8-10-17)18(21)20-13-5-4-6-15(20)11-12-19-26(3,22)23/h7-10,14-15,19H,4-6,11-13H2,1-3H3/t14-,15+/m1/s1. The Hall–Kier alpha value is -1.25. The van der Waals surface area contributed by atoms with Crippen molar-refractivity contribution >= 4 is 27.7 Å². The molecule has 1 N–H and O–H groups in total. The zero-order chi connectivity index (χ0) is 19.2. The van der Waals surface area contributed by atoms with Crippen LogP contribution in [0.5, 0.6) is 5.75 Å². The average Bonchev–Trinajstić information content (AvgIpc) is 2.61. The molecule has 1 aromatic rings. The quantitative estimate of drug-likeness (QED) is 0.679. The van der Waals surface area contributed by atoms with Crippen molar-refractivity contribution in [1.29, 1.82) is 0 Å². The third-order valence-corrected chi connectivity index (χ3v) is 6.30. The average molecular weight is 401 g/mol. The fraction of sp³-hybridized carbons (Fsp3) is 0.611. The van der Waals surface area contributed by atoms with E-state index in [0.717, 1.165) is 42.7 Å². The van der Waals surface area contributed by atoms with Gasteiger partial charge >= 0.3 is 0 Å². The van der Waals surface area contributed by atoms with Crippen LogP contribution >= 0.6 is 11.8 Å². The largest absolute Gasteiger partial charge is 0.497 e. The molecule has 0 radical (unpaired) electrons. The van der Waals surface area contributed by atoms with E-state index in [9.17, 15) is 13.2 Å². The van der Waals surface area contributed by atoms with Gasteiger partial charge in [-0.3, -0.25) is 4.79 Å². The Kier molecular flexibility index (Phi) is 7.79. The van der Waals surface area contributed by atoms with E-state index in [1.165, 1.54) is 11.8 Å². The van der Waals surface area contributed by atoms with Gasteiger partial charge in [-0.05, 0) is 56.9 Å². The molecule has 26 heavy (non-hydrogen) atoms. The molecule has 2 atom stereocenters. The molecule has 0 spiro atoms. The Morgan fingerprint density at radius 3 is 2.65 bits per heavy atom. The SMILES string of the molecule is COc1ccc(S[C@H](C)C(=O)N2CCCC[C@H]2CCNS(C)(=O)=O)cc1. The molecule has 2 rings (SSSR count). The van der Waals surface area contributed by atoms with Crippen molar-refractivity contribution in [3.8, 4) is 5.75 Å². The predicted molar refractivity (Wildman–Crippen MR) is 105 cm³/mol. The van der Waals surface area contributed by atoms with Crippen molar-refractivity contribution in [2.45, 2.75) is 48.8 Å². The second-order valence-corrected chi connectivity index (χ2v) is 9.82. The fourth-order valence-electron chi connectivity index (χ4n) is 3.14. The Morgan fingerprint density at radius 2 is 2.04 bits per heavy atom. The van der Waals surface area contributed by atoms with E-state index >= 15 is 0 Å². The number of rotatable bonds is 8. The second-order valence-electron chi connectivity index (χ2n) is 6.57. The van der Waals surface area contributed by atoms with Crippen molar-refractivity contribution in [2.75, 3.05) is 26.5 Å². The van der Waals surface area contributed by atoms with Gasteiger partial charge in [0.25, 0.3) is 0 Å². The van der Waals surface area contributed by atoms with Crippen molar-refractivity contribution in [3.63, 3.8) is 0 Å². The highest BCUT2D eigenvalue weighted by atomic mass is 32.2. The smallest absolute Gasteiger partial charge is 0.236 e. The van der Waals surface area contributed by atoms with E-state index in [1.54, 1.807) is 7.11 Å². The van der Waals surface area contributed by atoms with Gasteiger partial charge < -0.3 is 9.64 Å². The van der Waals surface area contributed by atoms with Gasteiger partial charge in [-0.1, -0.05) is 0 Å². The number of sulfonamides is 1. The summed E-state index contributed by atoms with van der Waals surface area (Å²) >= 11 is 1.54. The monoisotopic (exact) mass is 400 g/mol. The first-order valence-corrected chi connectivity index (χ1v) is 11.6. The fourth-order valence-corrected chi connectivity index (χ4v) is 4.57. The number of piperidine rings is 1. The van der Waals surface area contributed by atoms with Crippen LogP contribution in [0.15, 0.2) is 29.2 Å². The number of carbonyl (C=O) groups is 1. The molecule has 8 heteroatoms. The van der Waals surface area contributed by atoms with Gasteiger partial charge in [-0.2, -0.15) is 0 Å². The molecule has 1 heterocycles. The minimum absolute atomic E-state index is 0.101. The Bertz CT molecular complexity index is 692. The molecule has 1 aliphatic rings. The second kappa shape index (κ2) is 9.62. The summed E-state index contributed by atoms with van der Waals surface area (Å²) in [4.78, 5) is 15.9. The van der Waals surface area contributed by atoms with E-state index in [0.29, 0.717) is 13.0 Å². The Morgan fingerprint density at radius 1 is 1.35 bits per heavy atom. The molecule has 1 amide bonds. The lowest BCUT2D eigenvalue weighted by Gasteiger charge is -2.37. The predicted octanol–water partition coefficient (Wildman–Crippen LogP) is 2.50. The molecule has 6 nitrogen and oxygen atoms in total. The first-order valence-electron chi connectivity index (χ1n) is 8.86. The molecular formula is C18H28N2O4S2. The normalized spacial score (nSPS) is 19.2. The van der Waals surface area contributed by atoms with Gasteiger partial charge in [-0.15, -0.1) is 11.8 Å². The number of amides is 1. The highest BCUT2D eigenvalue weighted by Crippen LogP contribution is 2.29. The van der Waals surface area contributed by atoms with Crippen LogP contribution in [0.3, 0.4) is 0 Å². The highest BCUT2D eigenvalue weighted by molar-refractivity contribution is 8.00. The number of ether oxygens (including phenoxy) is 1. The van der Waals surface area contributed by atoms with E-state index in [1.807, 2.05) is 36.1 Å². The summed E-state index contributed by atoms with van der Waals surface area (Å²) in [6.45, 7) is 3.04. The molecule has 0 aliphatic carbocycles. The number of likely N-dealkylation sites (tertiary alicyclic amines) is 1. The zero-order valence-corrected chi connectivity index (χ0v) is 17.2. The number of benzene rings is 1. The third kappa shape index (κ3) is 6.48. The van der Waals surface area contributed by atoms with E-state index in [4.69, 9.17) is 4.74 Å². The van der Waals surface area contributed by atoms with Crippen molar-refractivity contribution in [1.82, 2.24) is 9.62 Å². The lowest BCUT2D eigenvalue weighted by molar-refractivity contribution is -0.134. The molecular weight excluding hydrogens is 372 g/mol. The van der Waals surface area contributed by atoms with Gasteiger partial charge in [-0.25, -0.2) is 13.1 Å². The van der Waals surface area contributed by atoms with Crippen molar-refractivity contribution < 1.29 is 17.9 Å². The number of nitrogens with zero attached hydrogens (tertiary/aromatic N) is 1. The van der Waals surface area contributed by atoms with Gasteiger partial charge in [0.05, 0.1) is 18.6 Å². The minimum Gasteiger partial charge on any atom is -0.497 e. The van der Waals surface area contributed by atoms with Crippen LogP contribution in [-0.4, -0.2) is 57.0 Å². The molecule has 1 saturated heterocycles. The van der Waals surface area contributed by atoms with Crippen LogP contribution < -0.4 is 9.46 Å². The summed E-state index contributed by atoms with van der Waals surface area (Å²) in [6, 6.07) is 7.79. The number of carbonyl (C=O) groups excluding carboxylic acids is 1. The summed E-state index contributed by atoms with van der Waals surface area (Å²) in [6.07, 6.45) is 4.81. The molecule has 0 bridgehead atoms. The highest BCUT2D eigenvalue weighted by Gasteiger charge is 2.29. The molecule has 146 valence electrons. The summed E-state index contributed by atoms with van der Waals surface area (Å²) in [5.74, 6) is 0.915. The van der Waals surface area contributed by atoms with E-state index in [-0.39, 0.29) is 17.2 Å². The van der Waals surface area contributed by atoms with Gasteiger partial charge in [0.1, 0.15) is 5.75 Å². The number of methoxy groups -OCH3 is 1. The van der Waals surface area contributed by atoms with E-state index in [2.05, 4.69) is 4.72 Å². The molecule has 1 aliphatic heterocycles. The van der Waals surface area contributed by atoms with Crippen LogP contribution in [0.25, 0.3) is 0 Å². The van der Waals surface area contributed by atoms with Gasteiger partial charge in [0, 0.05) is 24.0 Å². The van der Waals surface area contributed by atoms with Gasteiger partial charge in [0.15, 0.2) is 0 Å². The maximum Gasteiger partial charge on any atom is 0.236 e. The number of nitrogens with one attached hydrogen (secondary N) is 1. The number of thioether (sulfide) groups is 1. The van der Waals surface area contributed by atoms with Gasteiger partial charge in [0.2, 0.25) is 15.9 Å². The van der Waals surface area contributed by atoms with Crippen LogP contribution in [0.4, 0.5) is 0 Å². The lowest BCUT2D eigenvalue weighted by Crippen LogP contribution is -2.48. The van der Waals surface area contributed by atoms with Crippen LogP contribution in [0.2, 0.25) is 0 Å². The topological polar surface area (TPSA) is 75.7 Å². The van der Waals surface area contributed by atoms with Crippen molar-refractivity contribution in [3.05, 3.63) is 24.3 Å².